The van der Waals surface area contributed by atoms with E-state index in [-0.39, 0.29) is 12.4 Å². The number of nitrogens with one attached hydrogen (secondary N) is 1. The lowest BCUT2D eigenvalue weighted by Crippen LogP contribution is -3.00. The smallest absolute Gasteiger partial charge is 0.154 e. The summed E-state index contributed by atoms with van der Waals surface area (Å²) in [7, 11) is 0. The summed E-state index contributed by atoms with van der Waals surface area (Å²) >= 11 is 6.21. The summed E-state index contributed by atoms with van der Waals surface area (Å²) in [4.78, 5) is 0. The third-order valence-corrected chi connectivity index (χ3v) is 5.68. The molecule has 2 bridgehead atoms. The van der Waals surface area contributed by atoms with Crippen molar-refractivity contribution in [2.24, 2.45) is 5.92 Å². The van der Waals surface area contributed by atoms with Gasteiger partial charge in [-0.3, -0.25) is 0 Å². The van der Waals surface area contributed by atoms with Crippen LogP contribution < -0.4 is 17.7 Å². The van der Waals surface area contributed by atoms with Gasteiger partial charge in [0.2, 0.25) is 0 Å². The molecule has 1 aromatic rings. The predicted molar refractivity (Wildman–Crippen MR) is 80.1 cm³/mol. The Morgan fingerprint density at radius 2 is 1.95 bits per heavy atom. The van der Waals surface area contributed by atoms with Gasteiger partial charge < -0.3 is 22.2 Å². The van der Waals surface area contributed by atoms with E-state index in [9.17, 15) is 0 Å². The Balaban J connectivity index is 0.00000147. The fraction of sp³-hybridized carbons (Fsp3) is 0.625. The van der Waals surface area contributed by atoms with E-state index in [4.69, 9.17) is 11.6 Å². The van der Waals surface area contributed by atoms with Crippen LogP contribution in [0.2, 0.25) is 0 Å². The summed E-state index contributed by atoms with van der Waals surface area (Å²) < 4.78 is 1.13. The van der Waals surface area contributed by atoms with E-state index in [1.807, 2.05) is 0 Å². The fourth-order valence-corrected chi connectivity index (χ4v) is 4.07. The van der Waals surface area contributed by atoms with Crippen LogP contribution in [0.3, 0.4) is 0 Å². The second kappa shape index (κ2) is 6.65. The average molecular weight is 315 g/mol. The standard InChI is InChI=1S/C16H24ClN2.ClH/c1-13-4-2-3-5-15(13)10-18-16-11-19(12-17)8-6-14(16)7-9-19;/h2-5,14,16,18H,6-12H2,1H3;1H/q+1;/p-1. The molecule has 4 heteroatoms. The van der Waals surface area contributed by atoms with Crippen molar-refractivity contribution in [3.05, 3.63) is 35.4 Å². The lowest BCUT2D eigenvalue weighted by molar-refractivity contribution is -0.934. The molecule has 3 heterocycles. The lowest BCUT2D eigenvalue weighted by Gasteiger charge is -2.51. The Hall–Kier alpha value is -0.280. The van der Waals surface area contributed by atoms with Gasteiger partial charge in [0.1, 0.15) is 0 Å². The number of fused-ring (bicyclic) bond motifs is 3. The topological polar surface area (TPSA) is 12.0 Å². The van der Waals surface area contributed by atoms with Gasteiger partial charge in [-0.15, -0.1) is 0 Å². The largest absolute Gasteiger partial charge is 1.00 e. The summed E-state index contributed by atoms with van der Waals surface area (Å²) in [6.45, 7) is 6.99. The molecule has 4 rings (SSSR count). The molecule has 20 heavy (non-hydrogen) atoms. The van der Waals surface area contributed by atoms with Crippen LogP contribution in [-0.4, -0.2) is 36.2 Å². The van der Waals surface area contributed by atoms with Crippen molar-refractivity contribution in [1.29, 1.82) is 0 Å². The van der Waals surface area contributed by atoms with E-state index in [1.54, 1.807) is 0 Å². The van der Waals surface area contributed by atoms with E-state index in [0.717, 1.165) is 22.9 Å². The normalized spacial score (nSPS) is 31.9. The van der Waals surface area contributed by atoms with Crippen molar-refractivity contribution in [2.45, 2.75) is 32.4 Å². The monoisotopic (exact) mass is 314 g/mol. The van der Waals surface area contributed by atoms with Gasteiger partial charge in [0.25, 0.3) is 0 Å². The highest BCUT2D eigenvalue weighted by atomic mass is 35.5. The highest BCUT2D eigenvalue weighted by Crippen LogP contribution is 2.34. The lowest BCUT2D eigenvalue weighted by atomic mass is 9.82. The second-order valence-corrected chi connectivity index (χ2v) is 6.58. The molecule has 3 fully saturated rings. The maximum Gasteiger partial charge on any atom is 0.154 e. The molecular weight excluding hydrogens is 291 g/mol. The first kappa shape index (κ1) is 16.1. The summed E-state index contributed by atoms with van der Waals surface area (Å²) in [5, 5.41) is 3.79. The summed E-state index contributed by atoms with van der Waals surface area (Å²) in [6, 6.07) is 10.1. The van der Waals surface area contributed by atoms with Gasteiger partial charge >= 0.3 is 0 Å². The second-order valence-electron chi connectivity index (χ2n) is 6.34. The van der Waals surface area contributed by atoms with Gasteiger partial charge in [-0.05, 0) is 24.0 Å². The van der Waals surface area contributed by atoms with E-state index >= 15 is 0 Å². The average Bonchev–Trinajstić information content (AvgIpc) is 2.48. The summed E-state index contributed by atoms with van der Waals surface area (Å²) in [5.41, 5.74) is 2.81. The van der Waals surface area contributed by atoms with Crippen LogP contribution in [-0.2, 0) is 6.54 Å². The number of hydrogen-bond donors (Lipinski definition) is 1. The maximum atomic E-state index is 6.21. The SMILES string of the molecule is Cc1ccccc1CNC1C[N+]2(CCl)CCC1CC2.[Cl-]. The minimum absolute atomic E-state index is 0. The van der Waals surface area contributed by atoms with Crippen molar-refractivity contribution in [2.75, 3.05) is 25.6 Å². The molecule has 1 atom stereocenters. The van der Waals surface area contributed by atoms with E-state index in [0.29, 0.717) is 6.04 Å². The Morgan fingerprint density at radius 3 is 2.60 bits per heavy atom. The van der Waals surface area contributed by atoms with Crippen molar-refractivity contribution in [3.8, 4) is 0 Å². The minimum atomic E-state index is 0. The van der Waals surface area contributed by atoms with Crippen molar-refractivity contribution in [1.82, 2.24) is 5.32 Å². The molecule has 3 aliphatic heterocycles. The van der Waals surface area contributed by atoms with Crippen LogP contribution in [0.15, 0.2) is 24.3 Å². The zero-order valence-electron chi connectivity index (χ0n) is 12.1. The fourth-order valence-electron chi connectivity index (χ4n) is 3.74. The van der Waals surface area contributed by atoms with Crippen LogP contribution >= 0.6 is 11.6 Å². The highest BCUT2D eigenvalue weighted by molar-refractivity contribution is 6.17. The number of rotatable bonds is 4. The van der Waals surface area contributed by atoms with Gasteiger partial charge in [-0.25, -0.2) is 0 Å². The number of quaternary nitrogens is 1. The van der Waals surface area contributed by atoms with Gasteiger partial charge in [0.05, 0.1) is 25.7 Å². The first-order valence-corrected chi connectivity index (χ1v) is 7.95. The Bertz CT molecular complexity index is 442. The quantitative estimate of drug-likeness (QED) is 0.465. The first-order chi connectivity index (χ1) is 9.22. The first-order valence-electron chi connectivity index (χ1n) is 7.41. The van der Waals surface area contributed by atoms with Crippen LogP contribution in [0.1, 0.15) is 24.0 Å². The third kappa shape index (κ3) is 3.14. The van der Waals surface area contributed by atoms with Crippen LogP contribution in [0.4, 0.5) is 0 Å². The third-order valence-electron chi connectivity index (χ3n) is 5.17. The van der Waals surface area contributed by atoms with E-state index < -0.39 is 0 Å². The number of hydrogen-bond acceptors (Lipinski definition) is 1. The number of halogens is 2. The predicted octanol–water partition coefficient (Wildman–Crippen LogP) is -0.106. The number of nitrogens with zero attached hydrogens (tertiary/aromatic N) is 1. The van der Waals surface area contributed by atoms with Gasteiger partial charge in [-0.2, -0.15) is 0 Å². The van der Waals surface area contributed by atoms with E-state index in [1.165, 1.54) is 43.6 Å². The summed E-state index contributed by atoms with van der Waals surface area (Å²) in [5.74, 6) is 0.868. The molecule has 112 valence electrons. The Kier molecular flexibility index (Phi) is 5.36. The Labute approximate surface area is 133 Å². The minimum Gasteiger partial charge on any atom is -1.00 e. The zero-order valence-corrected chi connectivity index (χ0v) is 13.6. The molecule has 0 saturated carbocycles. The molecule has 1 N–H and O–H groups in total. The molecule has 0 spiro atoms. The molecule has 1 aromatic carbocycles. The molecular formula is C16H24Cl2N2. The maximum absolute atomic E-state index is 6.21. The molecule has 1 unspecified atom stereocenters. The molecule has 0 radical (unpaired) electrons. The van der Waals surface area contributed by atoms with Crippen LogP contribution in [0.25, 0.3) is 0 Å². The number of piperidine rings is 3. The van der Waals surface area contributed by atoms with Crippen molar-refractivity contribution < 1.29 is 16.9 Å². The molecule has 0 amide bonds. The molecule has 3 aliphatic rings. The van der Waals surface area contributed by atoms with Gasteiger partial charge in [0.15, 0.2) is 6.00 Å². The van der Waals surface area contributed by atoms with Crippen LogP contribution in [0.5, 0.6) is 0 Å². The number of alkyl halides is 1. The van der Waals surface area contributed by atoms with Crippen molar-refractivity contribution >= 4 is 11.6 Å². The van der Waals surface area contributed by atoms with Crippen molar-refractivity contribution in [3.63, 3.8) is 0 Å². The molecule has 0 aromatic heterocycles. The zero-order chi connectivity index (χ0) is 13.3. The number of aryl methyl sites for hydroxylation is 1. The van der Waals surface area contributed by atoms with Crippen LogP contribution in [0, 0.1) is 12.8 Å². The molecule has 3 saturated heterocycles. The number of benzene rings is 1. The summed E-state index contributed by atoms with van der Waals surface area (Å²) in [6.07, 6.45) is 2.69. The van der Waals surface area contributed by atoms with E-state index in [2.05, 4.69) is 36.5 Å². The Morgan fingerprint density at radius 1 is 1.25 bits per heavy atom. The van der Waals surface area contributed by atoms with Gasteiger partial charge in [-0.1, -0.05) is 35.9 Å². The van der Waals surface area contributed by atoms with Gasteiger partial charge in [0, 0.05) is 19.4 Å². The molecule has 0 aliphatic carbocycles. The highest BCUT2D eigenvalue weighted by Gasteiger charge is 2.44. The molecule has 2 nitrogen and oxygen atoms in total.